The van der Waals surface area contributed by atoms with E-state index in [1.54, 1.807) is 14.2 Å². The minimum atomic E-state index is -0.243. The van der Waals surface area contributed by atoms with E-state index in [9.17, 15) is 4.79 Å². The number of benzene rings is 2. The Morgan fingerprint density at radius 2 is 1.78 bits per heavy atom. The fourth-order valence-corrected chi connectivity index (χ4v) is 2.78. The van der Waals surface area contributed by atoms with Crippen molar-refractivity contribution in [2.45, 2.75) is 26.4 Å². The number of nitrogens with one attached hydrogen (secondary N) is 2. The first-order chi connectivity index (χ1) is 13.0. The second-order valence-corrected chi connectivity index (χ2v) is 6.35. The zero-order chi connectivity index (χ0) is 19.8. The molecule has 146 valence electrons. The first-order valence-electron chi connectivity index (χ1n) is 9.06. The van der Waals surface area contributed by atoms with Gasteiger partial charge in [0.1, 0.15) is 12.3 Å². The Kier molecular flexibility index (Phi) is 7.49. The number of quaternary nitrogens is 1. The lowest BCUT2D eigenvalue weighted by Gasteiger charge is -2.22. The average molecular weight is 373 g/mol. The number of para-hydroxylation sites is 2. The van der Waals surface area contributed by atoms with E-state index in [-0.39, 0.29) is 11.9 Å². The van der Waals surface area contributed by atoms with Crippen molar-refractivity contribution >= 4 is 11.6 Å². The Balaban J connectivity index is 2.04. The minimum Gasteiger partial charge on any atom is -0.495 e. The summed E-state index contributed by atoms with van der Waals surface area (Å²) in [6.45, 7) is 5.11. The van der Waals surface area contributed by atoms with E-state index in [0.717, 1.165) is 16.2 Å². The van der Waals surface area contributed by atoms with Gasteiger partial charge in [-0.3, -0.25) is 4.79 Å². The maximum absolute atomic E-state index is 12.6. The number of hydrogen-bond donors (Lipinski definition) is 2. The molecule has 2 rings (SSSR count). The molecule has 0 fully saturated rings. The standard InChI is InChI=1S/C21H28N2O4/c1-6-27-19-12-11-16(13-20(19)26-5)14-23(3)15(2)21(24)22-17-9-7-8-10-18(17)25-4/h7-13,15H,6,14H2,1-5H3,(H,22,24)/p+1/t15-/m0/s1. The number of carbonyl (C=O) groups excluding carboxylic acids is 1. The van der Waals surface area contributed by atoms with Gasteiger partial charge < -0.3 is 24.4 Å². The number of hydrogen-bond acceptors (Lipinski definition) is 4. The van der Waals surface area contributed by atoms with Gasteiger partial charge in [-0.2, -0.15) is 0 Å². The van der Waals surface area contributed by atoms with Crippen LogP contribution in [0.25, 0.3) is 0 Å². The van der Waals surface area contributed by atoms with Gasteiger partial charge in [0.05, 0.1) is 33.6 Å². The van der Waals surface area contributed by atoms with Crippen LogP contribution in [0.15, 0.2) is 42.5 Å². The molecule has 0 aliphatic carbocycles. The Morgan fingerprint density at radius 3 is 2.44 bits per heavy atom. The zero-order valence-corrected chi connectivity index (χ0v) is 16.7. The number of anilines is 1. The summed E-state index contributed by atoms with van der Waals surface area (Å²) in [7, 11) is 5.21. The molecule has 1 unspecified atom stereocenters. The Hall–Kier alpha value is -2.73. The van der Waals surface area contributed by atoms with E-state index in [1.165, 1.54) is 0 Å². The van der Waals surface area contributed by atoms with Crippen LogP contribution in [0, 0.1) is 0 Å². The van der Waals surface area contributed by atoms with E-state index in [4.69, 9.17) is 14.2 Å². The highest BCUT2D eigenvalue weighted by Crippen LogP contribution is 2.27. The number of likely N-dealkylation sites (N-methyl/N-ethyl adjacent to an activating group) is 1. The SMILES string of the molecule is CCOc1ccc(C[NH+](C)[C@@H](C)C(=O)Nc2ccccc2OC)cc1OC. The molecule has 2 aromatic carbocycles. The molecule has 0 aromatic heterocycles. The van der Waals surface area contributed by atoms with Crippen LogP contribution in [0.2, 0.25) is 0 Å². The summed E-state index contributed by atoms with van der Waals surface area (Å²) in [5, 5.41) is 2.95. The fourth-order valence-electron chi connectivity index (χ4n) is 2.78. The summed E-state index contributed by atoms with van der Waals surface area (Å²) in [4.78, 5) is 13.7. The van der Waals surface area contributed by atoms with Gasteiger partial charge in [-0.25, -0.2) is 0 Å². The first kappa shape index (κ1) is 20.6. The predicted molar refractivity (Wildman–Crippen MR) is 106 cm³/mol. The van der Waals surface area contributed by atoms with Gasteiger partial charge in [-0.05, 0) is 44.2 Å². The third-order valence-corrected chi connectivity index (χ3v) is 4.51. The summed E-state index contributed by atoms with van der Waals surface area (Å²) in [6, 6.07) is 13.0. The molecule has 0 saturated heterocycles. The predicted octanol–water partition coefficient (Wildman–Crippen LogP) is 2.14. The second kappa shape index (κ2) is 9.83. The quantitative estimate of drug-likeness (QED) is 0.707. The van der Waals surface area contributed by atoms with Crippen molar-refractivity contribution in [3.8, 4) is 17.2 Å². The molecule has 0 spiro atoms. The van der Waals surface area contributed by atoms with Crippen LogP contribution < -0.4 is 24.4 Å². The molecule has 2 atom stereocenters. The number of ether oxygens (including phenoxy) is 3. The number of rotatable bonds is 9. The number of carbonyl (C=O) groups is 1. The summed E-state index contributed by atoms with van der Waals surface area (Å²) in [5.41, 5.74) is 1.75. The monoisotopic (exact) mass is 373 g/mol. The molecule has 0 aliphatic rings. The molecule has 2 N–H and O–H groups in total. The minimum absolute atomic E-state index is 0.0603. The molecule has 1 amide bonds. The van der Waals surface area contributed by atoms with Crippen molar-refractivity contribution in [2.75, 3.05) is 33.2 Å². The summed E-state index contributed by atoms with van der Waals surface area (Å²) >= 11 is 0. The van der Waals surface area contributed by atoms with Crippen molar-refractivity contribution in [3.05, 3.63) is 48.0 Å². The maximum atomic E-state index is 12.6. The third-order valence-electron chi connectivity index (χ3n) is 4.51. The molecule has 0 heterocycles. The van der Waals surface area contributed by atoms with Crippen molar-refractivity contribution in [1.29, 1.82) is 0 Å². The van der Waals surface area contributed by atoms with Crippen LogP contribution in [-0.4, -0.2) is 39.8 Å². The Bertz CT molecular complexity index is 764. The summed E-state index contributed by atoms with van der Waals surface area (Å²) < 4.78 is 16.3. The highest BCUT2D eigenvalue weighted by molar-refractivity contribution is 5.94. The molecule has 0 aliphatic heterocycles. The molecule has 6 heteroatoms. The van der Waals surface area contributed by atoms with Crippen LogP contribution in [0.3, 0.4) is 0 Å². The fraction of sp³-hybridized carbons (Fsp3) is 0.381. The largest absolute Gasteiger partial charge is 0.495 e. The topological polar surface area (TPSA) is 61.2 Å². The van der Waals surface area contributed by atoms with Gasteiger partial charge in [0.2, 0.25) is 0 Å². The van der Waals surface area contributed by atoms with Gasteiger partial charge in [0.25, 0.3) is 5.91 Å². The molecule has 0 bridgehead atoms. The molecule has 0 radical (unpaired) electrons. The molecule has 6 nitrogen and oxygen atoms in total. The van der Waals surface area contributed by atoms with Crippen molar-refractivity contribution in [1.82, 2.24) is 0 Å². The van der Waals surface area contributed by atoms with E-state index < -0.39 is 0 Å². The number of amides is 1. The van der Waals surface area contributed by atoms with E-state index in [0.29, 0.717) is 30.3 Å². The molecule has 2 aromatic rings. The molecular formula is C21H29N2O4+. The zero-order valence-electron chi connectivity index (χ0n) is 16.7. The van der Waals surface area contributed by atoms with Gasteiger partial charge in [0, 0.05) is 5.56 Å². The highest BCUT2D eigenvalue weighted by Gasteiger charge is 2.23. The Labute approximate surface area is 161 Å². The first-order valence-corrected chi connectivity index (χ1v) is 9.06. The van der Waals surface area contributed by atoms with Crippen molar-refractivity contribution in [2.24, 2.45) is 0 Å². The molecule has 0 saturated carbocycles. The average Bonchev–Trinajstić information content (AvgIpc) is 2.68. The lowest BCUT2D eigenvalue weighted by Crippen LogP contribution is -3.12. The van der Waals surface area contributed by atoms with E-state index in [1.807, 2.05) is 63.4 Å². The van der Waals surface area contributed by atoms with E-state index >= 15 is 0 Å². The normalized spacial score (nSPS) is 12.8. The Morgan fingerprint density at radius 1 is 1.07 bits per heavy atom. The second-order valence-electron chi connectivity index (χ2n) is 6.35. The van der Waals surface area contributed by atoms with Crippen LogP contribution in [0.1, 0.15) is 19.4 Å². The van der Waals surface area contributed by atoms with Gasteiger partial charge >= 0.3 is 0 Å². The van der Waals surface area contributed by atoms with Crippen LogP contribution in [0.4, 0.5) is 5.69 Å². The van der Waals surface area contributed by atoms with Crippen LogP contribution >= 0.6 is 0 Å². The lowest BCUT2D eigenvalue weighted by molar-refractivity contribution is -0.907. The van der Waals surface area contributed by atoms with Crippen LogP contribution in [0.5, 0.6) is 17.2 Å². The highest BCUT2D eigenvalue weighted by atomic mass is 16.5. The van der Waals surface area contributed by atoms with Gasteiger partial charge in [-0.1, -0.05) is 12.1 Å². The summed E-state index contributed by atoms with van der Waals surface area (Å²) in [6.07, 6.45) is 0. The number of methoxy groups -OCH3 is 2. The lowest BCUT2D eigenvalue weighted by atomic mass is 10.1. The smallest absolute Gasteiger partial charge is 0.282 e. The van der Waals surface area contributed by atoms with Crippen LogP contribution in [-0.2, 0) is 11.3 Å². The molecule has 27 heavy (non-hydrogen) atoms. The van der Waals surface area contributed by atoms with Gasteiger partial charge in [0.15, 0.2) is 17.5 Å². The van der Waals surface area contributed by atoms with Gasteiger partial charge in [-0.15, -0.1) is 0 Å². The van der Waals surface area contributed by atoms with Crippen molar-refractivity contribution in [3.63, 3.8) is 0 Å². The van der Waals surface area contributed by atoms with Crippen molar-refractivity contribution < 1.29 is 23.9 Å². The third kappa shape index (κ3) is 5.37. The van der Waals surface area contributed by atoms with E-state index in [2.05, 4.69) is 5.32 Å². The molecular weight excluding hydrogens is 344 g/mol. The summed E-state index contributed by atoms with van der Waals surface area (Å²) in [5.74, 6) is 2.01. The maximum Gasteiger partial charge on any atom is 0.282 e.